The predicted octanol–water partition coefficient (Wildman–Crippen LogP) is 4.64. The van der Waals surface area contributed by atoms with Crippen molar-refractivity contribution < 1.29 is 5.11 Å². The predicted molar refractivity (Wildman–Crippen MR) is 122 cm³/mol. The van der Waals surface area contributed by atoms with Crippen LogP contribution >= 0.6 is 31.9 Å². The summed E-state index contributed by atoms with van der Waals surface area (Å²) in [5, 5.41) is 14.0. The van der Waals surface area contributed by atoms with Crippen LogP contribution in [0, 0.1) is 0 Å². The fourth-order valence-corrected chi connectivity index (χ4v) is 3.59. The molecule has 2 N–H and O–H groups in total. The molecular formula is C21H29Br2N3O. The molecule has 27 heavy (non-hydrogen) atoms. The third-order valence-electron chi connectivity index (χ3n) is 4.35. The third kappa shape index (κ3) is 7.20. The SMILES string of the molecule is CC.OC(CN1CCNCC1)CN(c1ccc(Br)cc1)c1ccc(Br)cc1. The van der Waals surface area contributed by atoms with Gasteiger partial charge in [0.15, 0.2) is 0 Å². The van der Waals surface area contributed by atoms with Crippen LogP contribution in [-0.2, 0) is 0 Å². The van der Waals surface area contributed by atoms with E-state index in [1.165, 1.54) is 0 Å². The molecular weight excluding hydrogens is 470 g/mol. The van der Waals surface area contributed by atoms with Gasteiger partial charge >= 0.3 is 0 Å². The van der Waals surface area contributed by atoms with Gasteiger partial charge in [0.1, 0.15) is 0 Å². The van der Waals surface area contributed by atoms with Crippen molar-refractivity contribution in [2.75, 3.05) is 44.2 Å². The first-order chi connectivity index (χ1) is 13.1. The van der Waals surface area contributed by atoms with Crippen molar-refractivity contribution in [1.82, 2.24) is 10.2 Å². The lowest BCUT2D eigenvalue weighted by Crippen LogP contribution is -2.48. The number of rotatable bonds is 6. The fourth-order valence-electron chi connectivity index (χ4n) is 3.06. The molecule has 0 amide bonds. The van der Waals surface area contributed by atoms with Crippen LogP contribution in [0.2, 0.25) is 0 Å². The Morgan fingerprint density at radius 2 is 1.37 bits per heavy atom. The van der Waals surface area contributed by atoms with E-state index in [9.17, 15) is 5.11 Å². The second-order valence-electron chi connectivity index (χ2n) is 6.27. The van der Waals surface area contributed by atoms with Gasteiger partial charge in [-0.15, -0.1) is 0 Å². The quantitative estimate of drug-likeness (QED) is 0.608. The van der Waals surface area contributed by atoms with Gasteiger partial charge in [-0.1, -0.05) is 45.7 Å². The summed E-state index contributed by atoms with van der Waals surface area (Å²) in [5.41, 5.74) is 2.15. The summed E-state index contributed by atoms with van der Waals surface area (Å²) < 4.78 is 2.10. The molecule has 0 saturated carbocycles. The van der Waals surface area contributed by atoms with Gasteiger partial charge in [-0.3, -0.25) is 4.90 Å². The van der Waals surface area contributed by atoms with Crippen LogP contribution in [0.3, 0.4) is 0 Å². The normalized spacial score (nSPS) is 15.6. The Morgan fingerprint density at radius 1 is 0.926 bits per heavy atom. The lowest BCUT2D eigenvalue weighted by Gasteiger charge is -2.32. The van der Waals surface area contributed by atoms with E-state index in [4.69, 9.17) is 0 Å². The number of anilines is 2. The van der Waals surface area contributed by atoms with E-state index in [1.807, 2.05) is 38.1 Å². The Hall–Kier alpha value is -0.920. The monoisotopic (exact) mass is 497 g/mol. The van der Waals surface area contributed by atoms with Gasteiger partial charge in [0.25, 0.3) is 0 Å². The van der Waals surface area contributed by atoms with Crippen LogP contribution in [0.5, 0.6) is 0 Å². The minimum absolute atomic E-state index is 0.412. The van der Waals surface area contributed by atoms with Crippen molar-refractivity contribution >= 4 is 43.2 Å². The highest BCUT2D eigenvalue weighted by atomic mass is 79.9. The van der Waals surface area contributed by atoms with E-state index in [2.05, 4.69) is 71.2 Å². The first-order valence-electron chi connectivity index (χ1n) is 9.51. The number of aliphatic hydroxyl groups is 1. The summed E-state index contributed by atoms with van der Waals surface area (Å²) in [4.78, 5) is 4.49. The lowest BCUT2D eigenvalue weighted by molar-refractivity contribution is 0.111. The Morgan fingerprint density at radius 3 is 1.81 bits per heavy atom. The molecule has 1 heterocycles. The van der Waals surface area contributed by atoms with Crippen molar-refractivity contribution in [2.24, 2.45) is 0 Å². The molecule has 0 aromatic heterocycles. The lowest BCUT2D eigenvalue weighted by atomic mass is 10.2. The van der Waals surface area contributed by atoms with Crippen molar-refractivity contribution in [3.05, 3.63) is 57.5 Å². The second-order valence-corrected chi connectivity index (χ2v) is 8.10. The number of aliphatic hydroxyl groups excluding tert-OH is 1. The zero-order chi connectivity index (χ0) is 19.6. The molecule has 1 saturated heterocycles. The number of hydrogen-bond acceptors (Lipinski definition) is 4. The standard InChI is InChI=1S/C19H23Br2N3O.C2H6/c20-15-1-5-17(6-2-15)24(18-7-3-16(21)4-8-18)14-19(25)13-23-11-9-22-10-12-23;1-2/h1-8,19,22,25H,9-14H2;1-2H3. The topological polar surface area (TPSA) is 38.7 Å². The minimum Gasteiger partial charge on any atom is -0.390 e. The highest BCUT2D eigenvalue weighted by molar-refractivity contribution is 9.10. The van der Waals surface area contributed by atoms with Crippen molar-refractivity contribution in [3.8, 4) is 0 Å². The fraction of sp³-hybridized carbons (Fsp3) is 0.429. The minimum atomic E-state index is -0.412. The maximum atomic E-state index is 10.7. The number of nitrogens with one attached hydrogen (secondary N) is 1. The number of hydrogen-bond donors (Lipinski definition) is 2. The van der Waals surface area contributed by atoms with Crippen LogP contribution in [0.25, 0.3) is 0 Å². The van der Waals surface area contributed by atoms with E-state index in [1.54, 1.807) is 0 Å². The van der Waals surface area contributed by atoms with E-state index in [-0.39, 0.29) is 0 Å². The zero-order valence-electron chi connectivity index (χ0n) is 16.0. The van der Waals surface area contributed by atoms with Gasteiger partial charge in [0.2, 0.25) is 0 Å². The van der Waals surface area contributed by atoms with E-state index < -0.39 is 6.10 Å². The smallest absolute Gasteiger partial charge is 0.0845 e. The zero-order valence-corrected chi connectivity index (χ0v) is 19.2. The van der Waals surface area contributed by atoms with Crippen molar-refractivity contribution in [3.63, 3.8) is 0 Å². The van der Waals surface area contributed by atoms with Gasteiger partial charge < -0.3 is 15.3 Å². The molecule has 4 nitrogen and oxygen atoms in total. The molecule has 2 aromatic rings. The summed E-state index contributed by atoms with van der Waals surface area (Å²) >= 11 is 6.98. The van der Waals surface area contributed by atoms with E-state index >= 15 is 0 Å². The summed E-state index contributed by atoms with van der Waals surface area (Å²) in [6, 6.07) is 16.4. The largest absolute Gasteiger partial charge is 0.390 e. The van der Waals surface area contributed by atoms with Gasteiger partial charge in [0, 0.05) is 53.0 Å². The van der Waals surface area contributed by atoms with Crippen molar-refractivity contribution in [2.45, 2.75) is 20.0 Å². The summed E-state index contributed by atoms with van der Waals surface area (Å²) in [5.74, 6) is 0. The van der Waals surface area contributed by atoms with Crippen LogP contribution < -0.4 is 10.2 Å². The van der Waals surface area contributed by atoms with Gasteiger partial charge in [-0.25, -0.2) is 0 Å². The van der Waals surface area contributed by atoms with Crippen molar-refractivity contribution in [1.29, 1.82) is 0 Å². The molecule has 1 aliphatic heterocycles. The molecule has 148 valence electrons. The Kier molecular flexibility index (Phi) is 9.79. The molecule has 1 atom stereocenters. The Labute approximate surface area is 179 Å². The van der Waals surface area contributed by atoms with Gasteiger partial charge in [-0.05, 0) is 48.5 Å². The average molecular weight is 499 g/mol. The molecule has 1 unspecified atom stereocenters. The van der Waals surface area contributed by atoms with E-state index in [0.717, 1.165) is 46.5 Å². The molecule has 1 aliphatic rings. The van der Waals surface area contributed by atoms with Crippen LogP contribution in [0.1, 0.15) is 13.8 Å². The Bertz CT molecular complexity index is 613. The summed E-state index contributed by atoms with van der Waals surface area (Å²) in [6.45, 7) is 9.24. The molecule has 0 radical (unpaired) electrons. The molecule has 2 aromatic carbocycles. The van der Waals surface area contributed by atoms with E-state index in [0.29, 0.717) is 13.1 Å². The second kappa shape index (κ2) is 11.8. The third-order valence-corrected chi connectivity index (χ3v) is 5.41. The molecule has 0 bridgehead atoms. The first kappa shape index (κ1) is 22.4. The number of halogens is 2. The first-order valence-corrected chi connectivity index (χ1v) is 11.1. The highest BCUT2D eigenvalue weighted by Gasteiger charge is 2.18. The molecule has 1 fully saturated rings. The molecule has 6 heteroatoms. The molecule has 3 rings (SSSR count). The van der Waals surface area contributed by atoms with Gasteiger partial charge in [0.05, 0.1) is 12.6 Å². The maximum absolute atomic E-state index is 10.7. The molecule has 0 aliphatic carbocycles. The van der Waals surface area contributed by atoms with Crippen LogP contribution in [-0.4, -0.2) is 55.4 Å². The number of benzene rings is 2. The van der Waals surface area contributed by atoms with Crippen LogP contribution in [0.15, 0.2) is 57.5 Å². The number of β-amino-alcohol motifs (C(OH)–C–C–N with tert-alkyl or cyclic N) is 1. The summed E-state index contributed by atoms with van der Waals surface area (Å²) in [7, 11) is 0. The molecule has 0 spiro atoms. The maximum Gasteiger partial charge on any atom is 0.0845 e. The number of piperazine rings is 1. The van der Waals surface area contributed by atoms with Gasteiger partial charge in [-0.2, -0.15) is 0 Å². The van der Waals surface area contributed by atoms with Crippen LogP contribution in [0.4, 0.5) is 11.4 Å². The average Bonchev–Trinajstić information content (AvgIpc) is 2.70. The number of nitrogens with zero attached hydrogens (tertiary/aromatic N) is 2. The highest BCUT2D eigenvalue weighted by Crippen LogP contribution is 2.28. The summed E-state index contributed by atoms with van der Waals surface area (Å²) in [6.07, 6.45) is -0.412. The Balaban J connectivity index is 0.00000126.